The molecule has 0 saturated carbocycles. The van der Waals surface area contributed by atoms with Crippen LogP contribution in [0.2, 0.25) is 0 Å². The van der Waals surface area contributed by atoms with Crippen LogP contribution >= 0.6 is 15.9 Å². The molecule has 1 aliphatic rings. The highest BCUT2D eigenvalue weighted by Crippen LogP contribution is 2.30. The smallest absolute Gasteiger partial charge is 0.231 e. The van der Waals surface area contributed by atoms with E-state index in [0.717, 1.165) is 41.8 Å². The highest BCUT2D eigenvalue weighted by atomic mass is 79.9. The van der Waals surface area contributed by atoms with Gasteiger partial charge in [0.2, 0.25) is 5.91 Å². The summed E-state index contributed by atoms with van der Waals surface area (Å²) >= 11 is 3.45. The number of nitrogens with one attached hydrogen (secondary N) is 1. The van der Waals surface area contributed by atoms with Crippen molar-refractivity contribution in [2.45, 2.75) is 12.8 Å². The van der Waals surface area contributed by atoms with Crippen LogP contribution in [0, 0.1) is 5.92 Å². The fourth-order valence-electron chi connectivity index (χ4n) is 2.33. The average molecular weight is 327 g/mol. The van der Waals surface area contributed by atoms with E-state index in [-0.39, 0.29) is 11.8 Å². The Morgan fingerprint density at radius 1 is 1.53 bits per heavy atom. The van der Waals surface area contributed by atoms with Gasteiger partial charge in [-0.15, -0.1) is 0 Å². The Morgan fingerprint density at radius 3 is 2.89 bits per heavy atom. The number of anilines is 1. The molecule has 0 aromatic heterocycles. The van der Waals surface area contributed by atoms with Gasteiger partial charge in [-0.1, -0.05) is 0 Å². The largest absolute Gasteiger partial charge is 0.496 e. The molecule has 0 aliphatic carbocycles. The van der Waals surface area contributed by atoms with Crippen LogP contribution in [0.4, 0.5) is 5.69 Å². The van der Waals surface area contributed by atoms with E-state index in [2.05, 4.69) is 21.2 Å². The predicted molar refractivity (Wildman–Crippen MR) is 79.7 cm³/mol. The second-order valence-corrected chi connectivity index (χ2v) is 5.61. The van der Waals surface area contributed by atoms with Crippen molar-refractivity contribution in [2.24, 2.45) is 5.92 Å². The van der Waals surface area contributed by atoms with Crippen molar-refractivity contribution < 1.29 is 9.53 Å². The molecule has 5 heteroatoms. The lowest BCUT2D eigenvalue weighted by Crippen LogP contribution is -2.41. The molecule has 2 rings (SSSR count). The Bertz CT molecular complexity index is 459. The molecule has 19 heavy (non-hydrogen) atoms. The normalized spacial score (nSPS) is 19.0. The summed E-state index contributed by atoms with van der Waals surface area (Å²) in [7, 11) is 3.45. The number of nitrogens with zero attached hydrogens (tertiary/aromatic N) is 1. The van der Waals surface area contributed by atoms with E-state index in [0.29, 0.717) is 0 Å². The molecule has 1 aliphatic heterocycles. The Kier molecular flexibility index (Phi) is 4.82. The van der Waals surface area contributed by atoms with Crippen molar-refractivity contribution in [2.75, 3.05) is 32.1 Å². The standard InChI is InChI=1S/C14H19BrN2O2/c1-17(14(18)10-4-3-7-16-9-10)11-5-6-13(19-2)12(15)8-11/h5-6,8,10,16H,3-4,7,9H2,1-2H3. The first-order chi connectivity index (χ1) is 9.13. The lowest BCUT2D eigenvalue weighted by Gasteiger charge is -2.27. The zero-order valence-electron chi connectivity index (χ0n) is 11.3. The molecule has 0 radical (unpaired) electrons. The van der Waals surface area contributed by atoms with Gasteiger partial charge in [0.05, 0.1) is 17.5 Å². The van der Waals surface area contributed by atoms with Crippen LogP contribution in [0.5, 0.6) is 5.75 Å². The molecule has 1 amide bonds. The quantitative estimate of drug-likeness (QED) is 0.927. The number of amides is 1. The van der Waals surface area contributed by atoms with Gasteiger partial charge in [-0.25, -0.2) is 0 Å². The minimum absolute atomic E-state index is 0.0830. The topological polar surface area (TPSA) is 41.6 Å². The highest BCUT2D eigenvalue weighted by Gasteiger charge is 2.24. The van der Waals surface area contributed by atoms with Crippen LogP contribution in [0.15, 0.2) is 22.7 Å². The van der Waals surface area contributed by atoms with Gasteiger partial charge in [0.25, 0.3) is 0 Å². The highest BCUT2D eigenvalue weighted by molar-refractivity contribution is 9.10. The third-order valence-electron chi connectivity index (χ3n) is 3.50. The number of methoxy groups -OCH3 is 1. The average Bonchev–Trinajstić information content (AvgIpc) is 2.46. The fourth-order valence-corrected chi connectivity index (χ4v) is 2.86. The molecular weight excluding hydrogens is 308 g/mol. The van der Waals surface area contributed by atoms with Crippen molar-refractivity contribution in [3.63, 3.8) is 0 Å². The van der Waals surface area contributed by atoms with Crippen molar-refractivity contribution >= 4 is 27.5 Å². The first-order valence-electron chi connectivity index (χ1n) is 6.45. The molecule has 1 aromatic rings. The lowest BCUT2D eigenvalue weighted by molar-refractivity contribution is -0.122. The van der Waals surface area contributed by atoms with Crippen LogP contribution in [0.3, 0.4) is 0 Å². The summed E-state index contributed by atoms with van der Waals surface area (Å²) in [4.78, 5) is 14.1. The minimum atomic E-state index is 0.0830. The molecule has 1 unspecified atom stereocenters. The zero-order valence-corrected chi connectivity index (χ0v) is 12.9. The minimum Gasteiger partial charge on any atom is -0.496 e. The van der Waals surface area contributed by atoms with E-state index < -0.39 is 0 Å². The third kappa shape index (κ3) is 3.28. The van der Waals surface area contributed by atoms with Crippen molar-refractivity contribution in [3.8, 4) is 5.75 Å². The third-order valence-corrected chi connectivity index (χ3v) is 4.12. The summed E-state index contributed by atoms with van der Waals surface area (Å²) in [5.41, 5.74) is 0.878. The number of benzene rings is 1. The SMILES string of the molecule is COc1ccc(N(C)C(=O)C2CCCNC2)cc1Br. The van der Waals surface area contributed by atoms with Crippen LogP contribution < -0.4 is 15.0 Å². The van der Waals surface area contributed by atoms with Crippen molar-refractivity contribution in [1.29, 1.82) is 0 Å². The molecule has 0 spiro atoms. The maximum absolute atomic E-state index is 12.4. The van der Waals surface area contributed by atoms with E-state index in [9.17, 15) is 4.79 Å². The first kappa shape index (κ1) is 14.3. The number of ether oxygens (including phenoxy) is 1. The number of hydrogen-bond acceptors (Lipinski definition) is 3. The number of rotatable bonds is 3. The van der Waals surface area contributed by atoms with Crippen LogP contribution in [-0.2, 0) is 4.79 Å². The summed E-state index contributed by atoms with van der Waals surface area (Å²) in [5.74, 6) is 1.02. The Balaban J connectivity index is 2.11. The van der Waals surface area contributed by atoms with Gasteiger partial charge in [-0.2, -0.15) is 0 Å². The summed E-state index contributed by atoms with van der Waals surface area (Å²) < 4.78 is 6.05. The molecular formula is C14H19BrN2O2. The second kappa shape index (κ2) is 6.39. The number of carbonyl (C=O) groups is 1. The van der Waals surface area contributed by atoms with E-state index in [1.807, 2.05) is 25.2 Å². The van der Waals surface area contributed by atoms with Crippen LogP contribution in [0.25, 0.3) is 0 Å². The number of carbonyl (C=O) groups excluding carboxylic acids is 1. The van der Waals surface area contributed by atoms with Crippen molar-refractivity contribution in [3.05, 3.63) is 22.7 Å². The van der Waals surface area contributed by atoms with Crippen LogP contribution in [0.1, 0.15) is 12.8 Å². The molecule has 1 heterocycles. The van der Waals surface area contributed by atoms with Gasteiger partial charge in [-0.05, 0) is 53.5 Å². The zero-order chi connectivity index (χ0) is 13.8. The van der Waals surface area contributed by atoms with Gasteiger partial charge in [-0.3, -0.25) is 4.79 Å². The van der Waals surface area contributed by atoms with Gasteiger partial charge < -0.3 is 15.0 Å². The molecule has 104 valence electrons. The summed E-state index contributed by atoms with van der Waals surface area (Å²) in [6.07, 6.45) is 2.03. The summed E-state index contributed by atoms with van der Waals surface area (Å²) in [6.45, 7) is 1.79. The number of piperidine rings is 1. The summed E-state index contributed by atoms with van der Waals surface area (Å²) in [6, 6.07) is 5.67. The van der Waals surface area contributed by atoms with Gasteiger partial charge in [0, 0.05) is 19.3 Å². The van der Waals surface area contributed by atoms with Crippen molar-refractivity contribution in [1.82, 2.24) is 5.32 Å². The van der Waals surface area contributed by atoms with E-state index >= 15 is 0 Å². The molecule has 1 fully saturated rings. The number of hydrogen-bond donors (Lipinski definition) is 1. The Morgan fingerprint density at radius 2 is 2.32 bits per heavy atom. The van der Waals surface area contributed by atoms with Gasteiger partial charge >= 0.3 is 0 Å². The number of halogens is 1. The maximum atomic E-state index is 12.4. The molecule has 1 saturated heterocycles. The molecule has 0 bridgehead atoms. The van der Waals surface area contributed by atoms with E-state index in [4.69, 9.17) is 4.74 Å². The summed E-state index contributed by atoms with van der Waals surface area (Å²) in [5, 5.41) is 3.27. The predicted octanol–water partition coefficient (Wildman–Crippen LogP) is 2.42. The second-order valence-electron chi connectivity index (χ2n) is 4.76. The maximum Gasteiger partial charge on any atom is 0.231 e. The first-order valence-corrected chi connectivity index (χ1v) is 7.24. The lowest BCUT2D eigenvalue weighted by atomic mass is 9.98. The molecule has 1 N–H and O–H groups in total. The monoisotopic (exact) mass is 326 g/mol. The van der Waals surface area contributed by atoms with Gasteiger partial charge in [0.15, 0.2) is 0 Å². The Hall–Kier alpha value is -1.07. The molecule has 4 nitrogen and oxygen atoms in total. The van der Waals surface area contributed by atoms with E-state index in [1.54, 1.807) is 12.0 Å². The van der Waals surface area contributed by atoms with Gasteiger partial charge in [0.1, 0.15) is 5.75 Å². The molecule has 1 aromatic carbocycles. The Labute approximate surface area is 122 Å². The van der Waals surface area contributed by atoms with Crippen LogP contribution in [-0.4, -0.2) is 33.2 Å². The fraction of sp³-hybridized carbons (Fsp3) is 0.500. The molecule has 1 atom stereocenters. The van der Waals surface area contributed by atoms with E-state index in [1.165, 1.54) is 0 Å².